The molecule has 1 aromatic rings. The van der Waals surface area contributed by atoms with Crippen LogP contribution >= 0.6 is 15.9 Å². The molecule has 1 unspecified atom stereocenters. The topological polar surface area (TPSA) is 61.9 Å². The fraction of sp³-hybridized carbons (Fsp3) is 0.529. The number of hydrogen-bond donors (Lipinski definition) is 1. The number of nitrogens with zero attached hydrogens (tertiary/aromatic N) is 2. The molecule has 1 atom stereocenters. The van der Waals surface area contributed by atoms with E-state index in [2.05, 4.69) is 21.2 Å². The zero-order chi connectivity index (χ0) is 17.1. The lowest BCUT2D eigenvalue weighted by atomic mass is 10.2. The third-order valence-corrected chi connectivity index (χ3v) is 5.11. The normalized spacial score (nSPS) is 21.0. The Hall–Kier alpha value is -1.60. The molecule has 0 radical (unpaired) electrons. The first-order valence-electron chi connectivity index (χ1n) is 8.27. The van der Waals surface area contributed by atoms with Gasteiger partial charge in [-0.15, -0.1) is 0 Å². The van der Waals surface area contributed by atoms with E-state index in [1.807, 2.05) is 30.0 Å². The van der Waals surface area contributed by atoms with E-state index in [4.69, 9.17) is 4.74 Å². The van der Waals surface area contributed by atoms with Crippen LogP contribution in [0.15, 0.2) is 22.7 Å². The SMILES string of the molecule is Cc1ccc(NC(=O)N2CCN(C(=O)C3CCCO3)CC2)c(Br)c1. The quantitative estimate of drug-likeness (QED) is 0.836. The molecule has 0 aliphatic carbocycles. The molecular weight excluding hydrogens is 374 g/mol. The van der Waals surface area contributed by atoms with E-state index in [0.29, 0.717) is 32.8 Å². The highest BCUT2D eigenvalue weighted by atomic mass is 79.9. The fourth-order valence-electron chi connectivity index (χ4n) is 3.02. The summed E-state index contributed by atoms with van der Waals surface area (Å²) in [4.78, 5) is 28.3. The molecule has 2 saturated heterocycles. The molecular formula is C17H22BrN3O3. The number of halogens is 1. The van der Waals surface area contributed by atoms with Crippen molar-refractivity contribution >= 4 is 33.6 Å². The highest BCUT2D eigenvalue weighted by Gasteiger charge is 2.31. The number of benzene rings is 1. The summed E-state index contributed by atoms with van der Waals surface area (Å²) in [6, 6.07) is 5.67. The van der Waals surface area contributed by atoms with Gasteiger partial charge in [0.1, 0.15) is 6.10 Å². The van der Waals surface area contributed by atoms with E-state index in [1.165, 1.54) is 0 Å². The van der Waals surface area contributed by atoms with Crippen molar-refractivity contribution in [2.75, 3.05) is 38.1 Å². The highest BCUT2D eigenvalue weighted by Crippen LogP contribution is 2.24. The van der Waals surface area contributed by atoms with Gasteiger partial charge in [-0.25, -0.2) is 4.79 Å². The zero-order valence-corrected chi connectivity index (χ0v) is 15.3. The minimum absolute atomic E-state index is 0.0637. The molecule has 2 aliphatic rings. The van der Waals surface area contributed by atoms with Gasteiger partial charge in [0.25, 0.3) is 5.91 Å². The van der Waals surface area contributed by atoms with Gasteiger partial charge in [0.2, 0.25) is 0 Å². The fourth-order valence-corrected chi connectivity index (χ4v) is 3.61. The number of amides is 3. The maximum Gasteiger partial charge on any atom is 0.321 e. The average molecular weight is 396 g/mol. The van der Waals surface area contributed by atoms with E-state index in [9.17, 15) is 9.59 Å². The molecule has 2 aliphatic heterocycles. The minimum atomic E-state index is -0.283. The van der Waals surface area contributed by atoms with Crippen molar-refractivity contribution in [3.63, 3.8) is 0 Å². The first kappa shape index (κ1) is 17.2. The maximum absolute atomic E-state index is 12.4. The van der Waals surface area contributed by atoms with Crippen molar-refractivity contribution in [1.82, 2.24) is 9.80 Å². The summed E-state index contributed by atoms with van der Waals surface area (Å²) in [7, 11) is 0. The second kappa shape index (κ2) is 7.53. The molecule has 6 nitrogen and oxygen atoms in total. The van der Waals surface area contributed by atoms with Crippen LogP contribution in [-0.4, -0.2) is 60.6 Å². The molecule has 0 saturated carbocycles. The molecule has 0 spiro atoms. The van der Waals surface area contributed by atoms with Crippen molar-refractivity contribution in [2.24, 2.45) is 0 Å². The van der Waals surface area contributed by atoms with E-state index in [0.717, 1.165) is 28.6 Å². The summed E-state index contributed by atoms with van der Waals surface area (Å²) in [6.45, 7) is 4.86. The lowest BCUT2D eigenvalue weighted by molar-refractivity contribution is -0.142. The van der Waals surface area contributed by atoms with Crippen LogP contribution < -0.4 is 5.32 Å². The summed E-state index contributed by atoms with van der Waals surface area (Å²) in [5.41, 5.74) is 1.88. The number of piperazine rings is 1. The molecule has 2 fully saturated rings. The number of rotatable bonds is 2. The molecule has 7 heteroatoms. The van der Waals surface area contributed by atoms with Gasteiger partial charge in [-0.1, -0.05) is 6.07 Å². The first-order chi connectivity index (χ1) is 11.5. The number of anilines is 1. The largest absolute Gasteiger partial charge is 0.368 e. The molecule has 3 rings (SSSR count). The summed E-state index contributed by atoms with van der Waals surface area (Å²) in [5.74, 6) is 0.0637. The van der Waals surface area contributed by atoms with Crippen molar-refractivity contribution in [3.05, 3.63) is 28.2 Å². The van der Waals surface area contributed by atoms with Crippen LogP contribution in [0.1, 0.15) is 18.4 Å². The lowest BCUT2D eigenvalue weighted by Gasteiger charge is -2.35. The Morgan fingerprint density at radius 1 is 1.21 bits per heavy atom. The van der Waals surface area contributed by atoms with Crippen molar-refractivity contribution < 1.29 is 14.3 Å². The minimum Gasteiger partial charge on any atom is -0.368 e. The van der Waals surface area contributed by atoms with Gasteiger partial charge >= 0.3 is 6.03 Å². The van der Waals surface area contributed by atoms with E-state index < -0.39 is 0 Å². The van der Waals surface area contributed by atoms with Gasteiger partial charge in [-0.3, -0.25) is 4.79 Å². The predicted molar refractivity (Wildman–Crippen MR) is 95.0 cm³/mol. The Bertz CT molecular complexity index is 624. The molecule has 2 heterocycles. The van der Waals surface area contributed by atoms with Crippen LogP contribution in [0.3, 0.4) is 0 Å². The Morgan fingerprint density at radius 3 is 2.54 bits per heavy atom. The molecule has 1 aromatic carbocycles. The zero-order valence-electron chi connectivity index (χ0n) is 13.8. The summed E-state index contributed by atoms with van der Waals surface area (Å²) >= 11 is 3.47. The van der Waals surface area contributed by atoms with Gasteiger partial charge in [-0.05, 0) is 53.4 Å². The number of carbonyl (C=O) groups excluding carboxylic acids is 2. The monoisotopic (exact) mass is 395 g/mol. The van der Waals surface area contributed by atoms with Gasteiger partial charge in [0.05, 0.1) is 5.69 Å². The number of hydrogen-bond acceptors (Lipinski definition) is 3. The second-order valence-electron chi connectivity index (χ2n) is 6.23. The van der Waals surface area contributed by atoms with Crippen molar-refractivity contribution in [2.45, 2.75) is 25.9 Å². The molecule has 3 amide bonds. The van der Waals surface area contributed by atoms with E-state index in [1.54, 1.807) is 4.90 Å². The number of aryl methyl sites for hydroxylation is 1. The van der Waals surface area contributed by atoms with Gasteiger partial charge < -0.3 is 19.9 Å². The Labute approximate surface area is 150 Å². The Morgan fingerprint density at radius 2 is 1.92 bits per heavy atom. The van der Waals surface area contributed by atoms with Gasteiger partial charge in [0, 0.05) is 37.3 Å². The molecule has 24 heavy (non-hydrogen) atoms. The average Bonchev–Trinajstić information content (AvgIpc) is 3.11. The third-order valence-electron chi connectivity index (χ3n) is 4.45. The van der Waals surface area contributed by atoms with Gasteiger partial charge in [-0.2, -0.15) is 0 Å². The summed E-state index contributed by atoms with van der Waals surface area (Å²) in [6.07, 6.45) is 1.47. The van der Waals surface area contributed by atoms with Gasteiger partial charge in [0.15, 0.2) is 0 Å². The van der Waals surface area contributed by atoms with Crippen LogP contribution in [0.2, 0.25) is 0 Å². The molecule has 130 valence electrons. The van der Waals surface area contributed by atoms with E-state index >= 15 is 0 Å². The molecule has 0 aromatic heterocycles. The van der Waals surface area contributed by atoms with Crippen LogP contribution in [0.4, 0.5) is 10.5 Å². The van der Waals surface area contributed by atoms with Crippen molar-refractivity contribution in [3.8, 4) is 0 Å². The first-order valence-corrected chi connectivity index (χ1v) is 9.06. The summed E-state index contributed by atoms with van der Waals surface area (Å²) < 4.78 is 6.32. The van der Waals surface area contributed by atoms with Crippen LogP contribution in [0.5, 0.6) is 0 Å². The predicted octanol–water partition coefficient (Wildman–Crippen LogP) is 2.61. The van der Waals surface area contributed by atoms with Crippen molar-refractivity contribution in [1.29, 1.82) is 0 Å². The van der Waals surface area contributed by atoms with Crippen LogP contribution in [0.25, 0.3) is 0 Å². The van der Waals surface area contributed by atoms with Crippen LogP contribution in [0, 0.1) is 6.92 Å². The lowest BCUT2D eigenvalue weighted by Crippen LogP contribution is -2.53. The Kier molecular flexibility index (Phi) is 5.40. The van der Waals surface area contributed by atoms with Crippen LogP contribution in [-0.2, 0) is 9.53 Å². The number of urea groups is 1. The number of carbonyl (C=O) groups is 2. The number of nitrogens with one attached hydrogen (secondary N) is 1. The second-order valence-corrected chi connectivity index (χ2v) is 7.08. The maximum atomic E-state index is 12.4. The summed E-state index contributed by atoms with van der Waals surface area (Å²) in [5, 5.41) is 2.92. The molecule has 1 N–H and O–H groups in total. The standard InChI is InChI=1S/C17H22BrN3O3/c1-12-4-5-14(13(18)11-12)19-17(23)21-8-6-20(7-9-21)16(22)15-3-2-10-24-15/h4-5,11,15H,2-3,6-10H2,1H3,(H,19,23). The highest BCUT2D eigenvalue weighted by molar-refractivity contribution is 9.10. The number of ether oxygens (including phenoxy) is 1. The van der Waals surface area contributed by atoms with E-state index in [-0.39, 0.29) is 18.0 Å². The Balaban J connectivity index is 1.52. The smallest absolute Gasteiger partial charge is 0.321 e. The molecule has 0 bridgehead atoms. The third kappa shape index (κ3) is 3.89.